The van der Waals surface area contributed by atoms with Gasteiger partial charge >= 0.3 is 6.09 Å². The zero-order valence-electron chi connectivity index (χ0n) is 21.0. The van der Waals surface area contributed by atoms with Crippen LogP contribution < -0.4 is 10.6 Å². The predicted octanol–water partition coefficient (Wildman–Crippen LogP) is 4.49. The molecule has 0 saturated carbocycles. The van der Waals surface area contributed by atoms with Crippen molar-refractivity contribution in [3.8, 4) is 0 Å². The van der Waals surface area contributed by atoms with Gasteiger partial charge in [0.2, 0.25) is 11.8 Å². The highest BCUT2D eigenvalue weighted by Crippen LogP contribution is 2.31. The predicted molar refractivity (Wildman–Crippen MR) is 127 cm³/mol. The third-order valence-corrected chi connectivity index (χ3v) is 5.26. The molecule has 0 bridgehead atoms. The van der Waals surface area contributed by atoms with E-state index < -0.39 is 23.3 Å². The van der Waals surface area contributed by atoms with Gasteiger partial charge in [0.15, 0.2) is 0 Å². The van der Waals surface area contributed by atoms with Crippen LogP contribution in [-0.2, 0) is 14.3 Å². The minimum absolute atomic E-state index is 0.226. The number of benzene rings is 1. The Labute approximate surface area is 193 Å². The Balaban J connectivity index is 3.29. The van der Waals surface area contributed by atoms with Crippen molar-refractivity contribution >= 4 is 17.9 Å². The van der Waals surface area contributed by atoms with Crippen LogP contribution >= 0.6 is 0 Å². The molecule has 0 fully saturated rings. The highest BCUT2D eigenvalue weighted by atomic mass is 16.6. The second-order valence-corrected chi connectivity index (χ2v) is 9.75. The van der Waals surface area contributed by atoms with E-state index in [4.69, 9.17) is 4.74 Å². The molecule has 0 aromatic heterocycles. The molecule has 1 rings (SSSR count). The summed E-state index contributed by atoms with van der Waals surface area (Å²) in [5.41, 5.74) is 0.454. The molecule has 1 aromatic carbocycles. The smallest absolute Gasteiger partial charge is 0.408 e. The maximum atomic E-state index is 13.4. The molecular weight excluding hydrogens is 406 g/mol. The monoisotopic (exact) mass is 447 g/mol. The van der Waals surface area contributed by atoms with Gasteiger partial charge < -0.3 is 20.3 Å². The molecule has 180 valence electrons. The standard InChI is InChI=1S/C25H41N3O4/c1-9-11-15-26-22(30)21(19-14-12-13-18(3)16-19)28(25(7,8)10-2)20(29)17-27-23(31)32-24(4,5)6/h12-14,16,21H,9-11,15,17H2,1-8H3,(H,26,30)(H,27,31). The molecular formula is C25H41N3O4. The molecule has 0 heterocycles. The summed E-state index contributed by atoms with van der Waals surface area (Å²) in [7, 11) is 0. The summed E-state index contributed by atoms with van der Waals surface area (Å²) in [4.78, 5) is 40.5. The number of hydrogen-bond acceptors (Lipinski definition) is 4. The van der Waals surface area contributed by atoms with Crippen LogP contribution in [0.5, 0.6) is 0 Å². The van der Waals surface area contributed by atoms with E-state index in [1.165, 1.54) is 0 Å². The number of ether oxygens (including phenoxy) is 1. The van der Waals surface area contributed by atoms with Crippen LogP contribution in [0.2, 0.25) is 0 Å². The molecule has 2 N–H and O–H groups in total. The Morgan fingerprint density at radius 2 is 1.72 bits per heavy atom. The Morgan fingerprint density at radius 3 is 2.25 bits per heavy atom. The topological polar surface area (TPSA) is 87.7 Å². The van der Waals surface area contributed by atoms with Gasteiger partial charge in [-0.2, -0.15) is 0 Å². The Hall–Kier alpha value is -2.57. The number of nitrogens with one attached hydrogen (secondary N) is 2. The molecule has 3 amide bonds. The van der Waals surface area contributed by atoms with E-state index in [0.29, 0.717) is 13.0 Å². The fraction of sp³-hybridized carbons (Fsp3) is 0.640. The number of rotatable bonds is 10. The van der Waals surface area contributed by atoms with Crippen molar-refractivity contribution in [1.29, 1.82) is 0 Å². The number of alkyl carbamates (subject to hydrolysis) is 1. The van der Waals surface area contributed by atoms with Gasteiger partial charge in [0.1, 0.15) is 18.2 Å². The molecule has 0 saturated heterocycles. The molecule has 7 heteroatoms. The van der Waals surface area contributed by atoms with Crippen LogP contribution in [0.1, 0.15) is 84.9 Å². The highest BCUT2D eigenvalue weighted by Gasteiger charge is 2.40. The maximum Gasteiger partial charge on any atom is 0.408 e. The van der Waals surface area contributed by atoms with Gasteiger partial charge in [0, 0.05) is 12.1 Å². The number of carbonyl (C=O) groups excluding carboxylic acids is 3. The summed E-state index contributed by atoms with van der Waals surface area (Å²) in [5, 5.41) is 5.52. The van der Waals surface area contributed by atoms with Crippen LogP contribution in [0.4, 0.5) is 4.79 Å². The van der Waals surface area contributed by atoms with Gasteiger partial charge in [0.25, 0.3) is 0 Å². The first kappa shape index (κ1) is 27.5. The molecule has 1 aromatic rings. The van der Waals surface area contributed by atoms with Crippen molar-refractivity contribution in [2.75, 3.05) is 13.1 Å². The summed E-state index contributed by atoms with van der Waals surface area (Å²) in [6.07, 6.45) is 1.78. The summed E-state index contributed by atoms with van der Waals surface area (Å²) >= 11 is 0. The lowest BCUT2D eigenvalue weighted by molar-refractivity contribution is -0.146. The lowest BCUT2D eigenvalue weighted by atomic mass is 9.92. The first-order valence-electron chi connectivity index (χ1n) is 11.5. The lowest BCUT2D eigenvalue weighted by Gasteiger charge is -2.43. The van der Waals surface area contributed by atoms with Crippen LogP contribution in [0, 0.1) is 6.92 Å². The van der Waals surface area contributed by atoms with E-state index in [-0.39, 0.29) is 18.4 Å². The van der Waals surface area contributed by atoms with Gasteiger partial charge in [-0.05, 0) is 59.9 Å². The molecule has 1 unspecified atom stereocenters. The average molecular weight is 448 g/mol. The molecule has 0 aliphatic carbocycles. The normalized spacial score (nSPS) is 12.6. The molecule has 32 heavy (non-hydrogen) atoms. The number of hydrogen-bond donors (Lipinski definition) is 2. The van der Waals surface area contributed by atoms with E-state index in [1.54, 1.807) is 25.7 Å². The Morgan fingerprint density at radius 1 is 1.06 bits per heavy atom. The van der Waals surface area contributed by atoms with Gasteiger partial charge in [-0.25, -0.2) is 4.79 Å². The van der Waals surface area contributed by atoms with Crippen molar-refractivity contribution in [2.24, 2.45) is 0 Å². The number of nitrogens with zero attached hydrogens (tertiary/aromatic N) is 1. The van der Waals surface area contributed by atoms with E-state index >= 15 is 0 Å². The summed E-state index contributed by atoms with van der Waals surface area (Å²) in [6, 6.07) is 6.82. The quantitative estimate of drug-likeness (QED) is 0.517. The number of carbonyl (C=O) groups is 3. The lowest BCUT2D eigenvalue weighted by Crippen LogP contribution is -2.56. The largest absolute Gasteiger partial charge is 0.444 e. The second-order valence-electron chi connectivity index (χ2n) is 9.75. The van der Waals surface area contributed by atoms with Gasteiger partial charge in [-0.15, -0.1) is 0 Å². The van der Waals surface area contributed by atoms with Gasteiger partial charge in [0.05, 0.1) is 0 Å². The molecule has 0 aliphatic heterocycles. The molecule has 7 nitrogen and oxygen atoms in total. The van der Waals surface area contributed by atoms with E-state index in [2.05, 4.69) is 17.6 Å². The highest BCUT2D eigenvalue weighted by molar-refractivity contribution is 5.91. The minimum atomic E-state index is -0.811. The first-order valence-corrected chi connectivity index (χ1v) is 11.5. The van der Waals surface area contributed by atoms with Crippen molar-refractivity contribution in [1.82, 2.24) is 15.5 Å². The third kappa shape index (κ3) is 8.52. The second kappa shape index (κ2) is 11.9. The molecule has 0 radical (unpaired) electrons. The van der Waals surface area contributed by atoms with Crippen molar-refractivity contribution < 1.29 is 19.1 Å². The zero-order valence-corrected chi connectivity index (χ0v) is 21.0. The molecule has 1 atom stereocenters. The van der Waals surface area contributed by atoms with E-state index in [1.807, 2.05) is 52.0 Å². The van der Waals surface area contributed by atoms with Gasteiger partial charge in [-0.1, -0.05) is 50.1 Å². The first-order chi connectivity index (χ1) is 14.8. The van der Waals surface area contributed by atoms with E-state index in [0.717, 1.165) is 24.0 Å². The average Bonchev–Trinajstić information content (AvgIpc) is 2.68. The van der Waals surface area contributed by atoms with Crippen LogP contribution in [0.25, 0.3) is 0 Å². The SMILES string of the molecule is CCCCNC(=O)C(c1cccc(C)c1)N(C(=O)CNC(=O)OC(C)(C)C)C(C)(C)CC. The number of amides is 3. The number of unbranched alkanes of at least 4 members (excludes halogenated alkanes) is 1. The number of aryl methyl sites for hydroxylation is 1. The molecule has 0 aliphatic rings. The summed E-state index contributed by atoms with van der Waals surface area (Å²) in [6.45, 7) is 15.4. The van der Waals surface area contributed by atoms with Crippen molar-refractivity contribution in [3.05, 3.63) is 35.4 Å². The van der Waals surface area contributed by atoms with Gasteiger partial charge in [-0.3, -0.25) is 9.59 Å². The van der Waals surface area contributed by atoms with E-state index in [9.17, 15) is 14.4 Å². The fourth-order valence-electron chi connectivity index (χ4n) is 3.29. The summed E-state index contributed by atoms with van der Waals surface area (Å²) in [5.74, 6) is -0.573. The Bertz CT molecular complexity index is 784. The minimum Gasteiger partial charge on any atom is -0.444 e. The Kier molecular flexibility index (Phi) is 10.2. The van der Waals surface area contributed by atoms with Crippen LogP contribution in [0.3, 0.4) is 0 Å². The fourth-order valence-corrected chi connectivity index (χ4v) is 3.29. The summed E-state index contributed by atoms with van der Waals surface area (Å²) < 4.78 is 5.25. The van der Waals surface area contributed by atoms with Crippen molar-refractivity contribution in [2.45, 2.75) is 91.8 Å². The zero-order chi connectivity index (χ0) is 24.5. The van der Waals surface area contributed by atoms with Crippen molar-refractivity contribution in [3.63, 3.8) is 0 Å². The van der Waals surface area contributed by atoms with Crippen LogP contribution in [-0.4, -0.2) is 47.0 Å². The third-order valence-electron chi connectivity index (χ3n) is 5.26. The van der Waals surface area contributed by atoms with Crippen LogP contribution in [0.15, 0.2) is 24.3 Å². The maximum absolute atomic E-state index is 13.4. The molecule has 0 spiro atoms.